The fourth-order valence-corrected chi connectivity index (χ4v) is 5.17. The predicted octanol–water partition coefficient (Wildman–Crippen LogP) is 2.67. The third kappa shape index (κ3) is 2.59. The van der Waals surface area contributed by atoms with Crippen LogP contribution in [0.4, 0.5) is 10.1 Å². The largest absolute Gasteiger partial charge is 0.487 e. The van der Waals surface area contributed by atoms with Gasteiger partial charge in [0.1, 0.15) is 17.9 Å². The number of hydrogen-bond donors (Lipinski definition) is 2. The Hall–Kier alpha value is -2.61. The van der Waals surface area contributed by atoms with E-state index < -0.39 is 17.3 Å². The lowest BCUT2D eigenvalue weighted by Crippen LogP contribution is -2.36. The van der Waals surface area contributed by atoms with Crippen LogP contribution in [0.1, 0.15) is 55.1 Å². The standard InChI is InChI=1S/C22H26FN3O4/c1-3-13-14-8-15(21(28)29)20(27)26-11(2)10-30-19(17(14)26)18(16(13)23)25-7-4-12(9-25)22(24)5-6-22/h8,11-12H,3-7,9-10,24H2,1-2H3,(H,28,29)/t11-,12+/m0/s1. The summed E-state index contributed by atoms with van der Waals surface area (Å²) in [5, 5.41) is 9.97. The first kappa shape index (κ1) is 19.4. The van der Waals surface area contributed by atoms with E-state index in [1.54, 1.807) is 6.92 Å². The molecule has 3 aliphatic rings. The molecule has 1 aromatic carbocycles. The van der Waals surface area contributed by atoms with E-state index in [1.165, 1.54) is 10.6 Å². The Kier molecular flexibility index (Phi) is 4.16. The first-order valence-corrected chi connectivity index (χ1v) is 10.6. The molecule has 1 saturated carbocycles. The lowest BCUT2D eigenvalue weighted by atomic mass is 9.97. The molecule has 30 heavy (non-hydrogen) atoms. The number of hydrogen-bond acceptors (Lipinski definition) is 5. The third-order valence-corrected chi connectivity index (χ3v) is 7.10. The van der Waals surface area contributed by atoms with E-state index in [2.05, 4.69) is 0 Å². The van der Waals surface area contributed by atoms with Gasteiger partial charge in [-0.25, -0.2) is 9.18 Å². The Labute approximate surface area is 173 Å². The zero-order chi connectivity index (χ0) is 21.4. The van der Waals surface area contributed by atoms with E-state index in [4.69, 9.17) is 10.5 Å². The molecule has 5 rings (SSSR count). The van der Waals surface area contributed by atoms with Crippen molar-refractivity contribution in [1.82, 2.24) is 4.57 Å². The highest BCUT2D eigenvalue weighted by molar-refractivity contribution is 5.99. The average molecular weight is 415 g/mol. The summed E-state index contributed by atoms with van der Waals surface area (Å²) in [6.45, 7) is 5.16. The number of aryl methyl sites for hydroxylation is 1. The number of anilines is 1. The van der Waals surface area contributed by atoms with E-state index in [0.717, 1.165) is 19.3 Å². The van der Waals surface area contributed by atoms with Gasteiger partial charge in [-0.1, -0.05) is 6.92 Å². The van der Waals surface area contributed by atoms with Crippen LogP contribution in [0.15, 0.2) is 10.9 Å². The zero-order valence-electron chi connectivity index (χ0n) is 17.2. The van der Waals surface area contributed by atoms with Gasteiger partial charge in [-0.15, -0.1) is 0 Å². The Balaban J connectivity index is 1.78. The first-order valence-electron chi connectivity index (χ1n) is 10.6. The molecule has 2 fully saturated rings. The van der Waals surface area contributed by atoms with E-state index in [1.807, 2.05) is 11.8 Å². The molecule has 0 radical (unpaired) electrons. The second kappa shape index (κ2) is 6.44. The molecule has 3 N–H and O–H groups in total. The maximum Gasteiger partial charge on any atom is 0.341 e. The molecule has 0 amide bonds. The molecule has 160 valence electrons. The predicted molar refractivity (Wildman–Crippen MR) is 111 cm³/mol. The fourth-order valence-electron chi connectivity index (χ4n) is 5.17. The molecular formula is C22H26FN3O4. The van der Waals surface area contributed by atoms with Gasteiger partial charge in [0.05, 0.1) is 11.6 Å². The molecule has 1 saturated heterocycles. The van der Waals surface area contributed by atoms with Crippen LogP contribution in [0, 0.1) is 11.7 Å². The lowest BCUT2D eigenvalue weighted by Gasteiger charge is -2.32. The van der Waals surface area contributed by atoms with E-state index in [-0.39, 0.29) is 23.8 Å². The number of aromatic nitrogens is 1. The van der Waals surface area contributed by atoms with Crippen LogP contribution >= 0.6 is 0 Å². The van der Waals surface area contributed by atoms with Gasteiger partial charge in [-0.3, -0.25) is 9.36 Å². The van der Waals surface area contributed by atoms with Crippen molar-refractivity contribution < 1.29 is 19.0 Å². The normalized spacial score (nSPS) is 24.2. The number of nitrogens with zero attached hydrogens (tertiary/aromatic N) is 2. The quantitative estimate of drug-likeness (QED) is 0.797. The number of nitrogens with two attached hydrogens (primary N) is 1. The molecule has 7 nitrogen and oxygen atoms in total. The number of aromatic carboxylic acids is 1. The number of carboxylic acids is 1. The van der Waals surface area contributed by atoms with Crippen LogP contribution in [0.5, 0.6) is 5.75 Å². The number of halogens is 1. The third-order valence-electron chi connectivity index (χ3n) is 7.10. The summed E-state index contributed by atoms with van der Waals surface area (Å²) in [5.41, 5.74) is 6.64. The number of rotatable bonds is 4. The van der Waals surface area contributed by atoms with Crippen molar-refractivity contribution in [3.8, 4) is 5.75 Å². The number of benzene rings is 1. The highest BCUT2D eigenvalue weighted by atomic mass is 19.1. The molecule has 2 atom stereocenters. The smallest absolute Gasteiger partial charge is 0.341 e. The minimum atomic E-state index is -1.31. The van der Waals surface area contributed by atoms with E-state index >= 15 is 4.39 Å². The summed E-state index contributed by atoms with van der Waals surface area (Å²) in [5.74, 6) is -1.05. The second-order valence-corrected chi connectivity index (χ2v) is 8.95. The number of pyridine rings is 1. The van der Waals surface area contributed by atoms with Crippen LogP contribution in [-0.2, 0) is 6.42 Å². The molecule has 1 aliphatic carbocycles. The fraction of sp³-hybridized carbons (Fsp3) is 0.545. The Bertz CT molecular complexity index is 1140. The molecule has 2 aromatic rings. The summed E-state index contributed by atoms with van der Waals surface area (Å²) in [6, 6.07) is 0.957. The van der Waals surface area contributed by atoms with Gasteiger partial charge < -0.3 is 20.5 Å². The van der Waals surface area contributed by atoms with Crippen LogP contribution in [0.25, 0.3) is 10.9 Å². The number of carboxylic acid groups (broad SMARTS) is 1. The Morgan fingerprint density at radius 2 is 2.17 bits per heavy atom. The molecular weight excluding hydrogens is 389 g/mol. The van der Waals surface area contributed by atoms with Gasteiger partial charge in [0.15, 0.2) is 11.6 Å². The minimum absolute atomic E-state index is 0.138. The topological polar surface area (TPSA) is 97.8 Å². The Morgan fingerprint density at radius 3 is 2.80 bits per heavy atom. The molecule has 8 heteroatoms. The van der Waals surface area contributed by atoms with Crippen molar-refractivity contribution in [3.63, 3.8) is 0 Å². The van der Waals surface area contributed by atoms with Crippen LogP contribution in [0.3, 0.4) is 0 Å². The van der Waals surface area contributed by atoms with Crippen LogP contribution < -0.4 is 20.9 Å². The molecule has 0 bridgehead atoms. The summed E-state index contributed by atoms with van der Waals surface area (Å²) in [6.07, 6.45) is 3.28. The average Bonchev–Trinajstić information content (AvgIpc) is 3.26. The van der Waals surface area contributed by atoms with Gasteiger partial charge in [-0.2, -0.15) is 0 Å². The van der Waals surface area contributed by atoms with Gasteiger partial charge in [0.25, 0.3) is 5.56 Å². The molecule has 2 aliphatic heterocycles. The van der Waals surface area contributed by atoms with Crippen molar-refractivity contribution in [2.45, 2.75) is 51.1 Å². The van der Waals surface area contributed by atoms with Gasteiger partial charge >= 0.3 is 5.97 Å². The van der Waals surface area contributed by atoms with Gasteiger partial charge in [-0.05, 0) is 50.2 Å². The van der Waals surface area contributed by atoms with Crippen molar-refractivity contribution in [1.29, 1.82) is 0 Å². The minimum Gasteiger partial charge on any atom is -0.487 e. The highest BCUT2D eigenvalue weighted by Crippen LogP contribution is 2.49. The molecule has 0 unspecified atom stereocenters. The van der Waals surface area contributed by atoms with Crippen LogP contribution in [-0.4, -0.2) is 40.9 Å². The molecule has 1 aromatic heterocycles. The molecule has 0 spiro atoms. The van der Waals surface area contributed by atoms with Crippen LogP contribution in [0.2, 0.25) is 0 Å². The van der Waals surface area contributed by atoms with Gasteiger partial charge in [0.2, 0.25) is 0 Å². The zero-order valence-corrected chi connectivity index (χ0v) is 17.2. The summed E-state index contributed by atoms with van der Waals surface area (Å²) in [4.78, 5) is 26.6. The summed E-state index contributed by atoms with van der Waals surface area (Å²) in [7, 11) is 0. The monoisotopic (exact) mass is 415 g/mol. The van der Waals surface area contributed by atoms with Crippen molar-refractivity contribution >= 4 is 22.6 Å². The van der Waals surface area contributed by atoms with E-state index in [9.17, 15) is 14.7 Å². The summed E-state index contributed by atoms with van der Waals surface area (Å²) >= 11 is 0. The highest BCUT2D eigenvalue weighted by Gasteiger charge is 2.48. The molecule has 3 heterocycles. The SMILES string of the molecule is CCc1c(F)c(N2CC[C@@H](C3(N)CC3)C2)c2c3c1cc(C(=O)O)c(=O)n3[C@@H](C)CO2. The summed E-state index contributed by atoms with van der Waals surface area (Å²) < 4.78 is 23.3. The number of ether oxygens (including phenoxy) is 1. The van der Waals surface area contributed by atoms with Crippen molar-refractivity contribution in [2.75, 3.05) is 24.6 Å². The first-order chi connectivity index (χ1) is 14.3. The second-order valence-electron chi connectivity index (χ2n) is 8.95. The number of carbonyl (C=O) groups is 1. The maximum atomic E-state index is 15.8. The lowest BCUT2D eigenvalue weighted by molar-refractivity contribution is 0.0694. The van der Waals surface area contributed by atoms with Crippen molar-refractivity contribution in [2.24, 2.45) is 11.7 Å². The van der Waals surface area contributed by atoms with Gasteiger partial charge in [0, 0.05) is 24.0 Å². The van der Waals surface area contributed by atoms with Crippen molar-refractivity contribution in [3.05, 3.63) is 33.4 Å². The Morgan fingerprint density at radius 1 is 1.43 bits per heavy atom. The van der Waals surface area contributed by atoms with E-state index in [0.29, 0.717) is 53.3 Å². The maximum absolute atomic E-state index is 15.8.